The number of carbonyl (C=O) groups is 1. The lowest BCUT2D eigenvalue weighted by atomic mass is 9.89. The monoisotopic (exact) mass is 306 g/mol. The maximum Gasteiger partial charge on any atom is 0.263 e. The molecule has 1 aromatic rings. The lowest BCUT2D eigenvalue weighted by molar-refractivity contribution is 0.0968. The lowest BCUT2D eigenvalue weighted by Gasteiger charge is -2.27. The van der Waals surface area contributed by atoms with E-state index < -0.39 is 0 Å². The van der Waals surface area contributed by atoms with Crippen LogP contribution in [0.25, 0.3) is 0 Å². The van der Waals surface area contributed by atoms with E-state index in [1.807, 2.05) is 7.05 Å². The van der Waals surface area contributed by atoms with Crippen molar-refractivity contribution in [3.63, 3.8) is 0 Å². The van der Waals surface area contributed by atoms with E-state index in [4.69, 9.17) is 5.73 Å². The van der Waals surface area contributed by atoms with Crippen LogP contribution in [0, 0.1) is 17.2 Å². The molecule has 0 bridgehead atoms. The molecule has 1 aliphatic rings. The van der Waals surface area contributed by atoms with Crippen molar-refractivity contribution in [2.24, 2.45) is 5.92 Å². The van der Waals surface area contributed by atoms with Crippen LogP contribution in [-0.4, -0.2) is 26.5 Å². The van der Waals surface area contributed by atoms with Crippen LogP contribution in [-0.2, 0) is 0 Å². The summed E-state index contributed by atoms with van der Waals surface area (Å²) in [6.45, 7) is 0.918. The molecular weight excluding hydrogens is 284 g/mol. The first-order valence-corrected chi connectivity index (χ1v) is 8.15. The summed E-state index contributed by atoms with van der Waals surface area (Å²) < 4.78 is 0. The molecule has 1 aromatic heterocycles. The Morgan fingerprint density at radius 3 is 2.71 bits per heavy atom. The Hall–Kier alpha value is -1.74. The maximum atomic E-state index is 11.8. The van der Waals surface area contributed by atoms with Crippen LogP contribution in [0.15, 0.2) is 0 Å². The molecule has 1 fully saturated rings. The molecule has 5 nitrogen and oxygen atoms in total. The number of nitrogen functional groups attached to an aromatic ring is 1. The molecule has 3 N–H and O–H groups in total. The standard InChI is InChI=1S/C15H22N4OS/c1-18-14(20)13-12(17)11(8-16)15(21-13)19(2)9-10-6-4-3-5-7-10/h10H,3-7,9,17H2,1-2H3,(H,18,20). The highest BCUT2D eigenvalue weighted by Gasteiger charge is 2.24. The average molecular weight is 306 g/mol. The fourth-order valence-corrected chi connectivity index (χ4v) is 4.02. The van der Waals surface area contributed by atoms with Crippen molar-refractivity contribution < 1.29 is 4.79 Å². The Balaban J connectivity index is 2.21. The Labute approximate surface area is 129 Å². The summed E-state index contributed by atoms with van der Waals surface area (Å²) in [6, 6.07) is 2.15. The molecular formula is C15H22N4OS. The molecule has 0 radical (unpaired) electrons. The number of thiophene rings is 1. The van der Waals surface area contributed by atoms with Crippen molar-refractivity contribution in [1.82, 2.24) is 5.32 Å². The second-order valence-corrected chi connectivity index (χ2v) is 6.60. The highest BCUT2D eigenvalue weighted by molar-refractivity contribution is 7.19. The summed E-state index contributed by atoms with van der Waals surface area (Å²) in [5.41, 5.74) is 6.69. The van der Waals surface area contributed by atoms with Gasteiger partial charge in [0.05, 0.1) is 5.69 Å². The number of anilines is 2. The third-order valence-corrected chi connectivity index (χ3v) is 5.39. The lowest BCUT2D eigenvalue weighted by Crippen LogP contribution is -2.26. The van der Waals surface area contributed by atoms with E-state index in [-0.39, 0.29) is 5.91 Å². The van der Waals surface area contributed by atoms with Gasteiger partial charge in [-0.15, -0.1) is 11.3 Å². The van der Waals surface area contributed by atoms with E-state index in [1.165, 1.54) is 43.4 Å². The molecule has 0 unspecified atom stereocenters. The van der Waals surface area contributed by atoms with Crippen LogP contribution < -0.4 is 16.0 Å². The smallest absolute Gasteiger partial charge is 0.263 e. The Bertz CT molecular complexity index is 555. The van der Waals surface area contributed by atoms with Gasteiger partial charge in [-0.25, -0.2) is 0 Å². The summed E-state index contributed by atoms with van der Waals surface area (Å²) in [7, 11) is 3.55. The zero-order chi connectivity index (χ0) is 15.4. The molecule has 1 aliphatic carbocycles. The number of hydrogen-bond acceptors (Lipinski definition) is 5. The fourth-order valence-electron chi connectivity index (χ4n) is 2.93. The maximum absolute atomic E-state index is 11.8. The van der Waals surface area contributed by atoms with E-state index >= 15 is 0 Å². The summed E-state index contributed by atoms with van der Waals surface area (Å²) >= 11 is 1.31. The van der Waals surface area contributed by atoms with Crippen LogP contribution >= 0.6 is 11.3 Å². The molecule has 1 heterocycles. The Kier molecular flexibility index (Phi) is 5.07. The number of carbonyl (C=O) groups excluding carboxylic acids is 1. The molecule has 2 rings (SSSR count). The van der Waals surface area contributed by atoms with Crippen LogP contribution in [0.4, 0.5) is 10.7 Å². The minimum Gasteiger partial charge on any atom is -0.396 e. The summed E-state index contributed by atoms with van der Waals surface area (Å²) in [4.78, 5) is 14.3. The van der Waals surface area contributed by atoms with E-state index in [1.54, 1.807) is 7.05 Å². The molecule has 21 heavy (non-hydrogen) atoms. The van der Waals surface area contributed by atoms with Gasteiger partial charge in [0.15, 0.2) is 0 Å². The molecule has 0 spiro atoms. The first-order chi connectivity index (χ1) is 10.1. The third kappa shape index (κ3) is 3.30. The number of nitrogens with two attached hydrogens (primary N) is 1. The fraction of sp³-hybridized carbons (Fsp3) is 0.600. The van der Waals surface area contributed by atoms with Gasteiger partial charge in [0.1, 0.15) is 21.5 Å². The minimum atomic E-state index is -0.230. The van der Waals surface area contributed by atoms with Gasteiger partial charge in [-0.2, -0.15) is 5.26 Å². The summed E-state index contributed by atoms with van der Waals surface area (Å²) in [5, 5.41) is 12.7. The topological polar surface area (TPSA) is 82.2 Å². The van der Waals surface area contributed by atoms with E-state index in [2.05, 4.69) is 16.3 Å². The molecule has 0 saturated heterocycles. The first-order valence-electron chi connectivity index (χ1n) is 7.34. The van der Waals surface area contributed by atoms with E-state index in [9.17, 15) is 10.1 Å². The van der Waals surface area contributed by atoms with Crippen molar-refractivity contribution in [3.05, 3.63) is 10.4 Å². The largest absolute Gasteiger partial charge is 0.396 e. The molecule has 0 aromatic carbocycles. The van der Waals surface area contributed by atoms with Crippen LogP contribution in [0.3, 0.4) is 0 Å². The zero-order valence-electron chi connectivity index (χ0n) is 12.6. The molecule has 114 valence electrons. The molecule has 0 aliphatic heterocycles. The van der Waals surface area contributed by atoms with Crippen LogP contribution in [0.1, 0.15) is 47.3 Å². The van der Waals surface area contributed by atoms with Gasteiger partial charge in [0.25, 0.3) is 5.91 Å². The van der Waals surface area contributed by atoms with Crippen molar-refractivity contribution >= 4 is 27.9 Å². The predicted molar refractivity (Wildman–Crippen MR) is 86.7 cm³/mol. The number of amides is 1. The number of nitrogens with one attached hydrogen (secondary N) is 1. The van der Waals surface area contributed by atoms with Crippen molar-refractivity contribution in [1.29, 1.82) is 5.26 Å². The number of hydrogen-bond donors (Lipinski definition) is 2. The summed E-state index contributed by atoms with van der Waals surface area (Å²) in [6.07, 6.45) is 6.40. The van der Waals surface area contributed by atoms with Crippen LogP contribution in [0.2, 0.25) is 0 Å². The first kappa shape index (κ1) is 15.6. The van der Waals surface area contributed by atoms with Gasteiger partial charge in [-0.05, 0) is 18.8 Å². The van der Waals surface area contributed by atoms with E-state index in [0.717, 1.165) is 11.5 Å². The second-order valence-electron chi connectivity index (χ2n) is 5.60. The van der Waals surface area contributed by atoms with Crippen molar-refractivity contribution in [3.8, 4) is 6.07 Å². The zero-order valence-corrected chi connectivity index (χ0v) is 13.4. The number of nitrogens with zero attached hydrogens (tertiary/aromatic N) is 2. The van der Waals surface area contributed by atoms with Gasteiger partial charge in [0, 0.05) is 20.6 Å². The number of nitriles is 1. The molecule has 1 amide bonds. The molecule has 6 heteroatoms. The van der Waals surface area contributed by atoms with Gasteiger partial charge >= 0.3 is 0 Å². The van der Waals surface area contributed by atoms with E-state index in [0.29, 0.717) is 22.0 Å². The predicted octanol–water partition coefficient (Wildman–Crippen LogP) is 2.58. The summed E-state index contributed by atoms with van der Waals surface area (Å²) in [5.74, 6) is 0.438. The quantitative estimate of drug-likeness (QED) is 0.895. The molecule has 0 atom stereocenters. The van der Waals surface area contributed by atoms with Crippen LogP contribution in [0.5, 0.6) is 0 Å². The van der Waals surface area contributed by atoms with Gasteiger partial charge in [-0.3, -0.25) is 4.79 Å². The average Bonchev–Trinajstić information content (AvgIpc) is 2.84. The van der Waals surface area contributed by atoms with Crippen molar-refractivity contribution in [2.75, 3.05) is 31.3 Å². The second kappa shape index (κ2) is 6.81. The van der Waals surface area contributed by atoms with Gasteiger partial charge < -0.3 is 16.0 Å². The SMILES string of the molecule is CNC(=O)c1sc(N(C)CC2CCCCC2)c(C#N)c1N. The molecule has 1 saturated carbocycles. The highest BCUT2D eigenvalue weighted by atomic mass is 32.1. The minimum absolute atomic E-state index is 0.230. The Morgan fingerprint density at radius 2 is 2.14 bits per heavy atom. The highest BCUT2D eigenvalue weighted by Crippen LogP contribution is 2.38. The van der Waals surface area contributed by atoms with Crippen molar-refractivity contribution in [2.45, 2.75) is 32.1 Å². The van der Waals surface area contributed by atoms with Gasteiger partial charge in [0.2, 0.25) is 0 Å². The third-order valence-electron chi connectivity index (χ3n) is 4.08. The Morgan fingerprint density at radius 1 is 1.48 bits per heavy atom. The van der Waals surface area contributed by atoms with Gasteiger partial charge in [-0.1, -0.05) is 19.3 Å². The number of rotatable bonds is 4. The normalized spacial score (nSPS) is 15.5.